The molecule has 28 heavy (non-hydrogen) atoms. The zero-order valence-corrected chi connectivity index (χ0v) is 16.5. The molecule has 2 aromatic rings. The van der Waals surface area contributed by atoms with E-state index in [2.05, 4.69) is 14.8 Å². The molecule has 8 heteroatoms. The monoisotopic (exact) mass is 382 g/mol. The second kappa shape index (κ2) is 7.61. The van der Waals surface area contributed by atoms with Crippen molar-refractivity contribution in [3.8, 4) is 0 Å². The van der Waals surface area contributed by atoms with E-state index < -0.39 is 0 Å². The summed E-state index contributed by atoms with van der Waals surface area (Å²) in [6.07, 6.45) is 4.07. The molecule has 8 nitrogen and oxygen atoms in total. The highest BCUT2D eigenvalue weighted by atomic mass is 16.2. The Balaban J connectivity index is 1.46. The molecule has 2 fully saturated rings. The van der Waals surface area contributed by atoms with E-state index in [0.717, 1.165) is 30.5 Å². The van der Waals surface area contributed by atoms with Gasteiger partial charge in [-0.25, -0.2) is 4.98 Å². The van der Waals surface area contributed by atoms with Crippen LogP contribution in [0.3, 0.4) is 0 Å². The minimum atomic E-state index is -0.257. The standard InChI is InChI=1S/C20H26N6O2/c1-15-14-17(24-8-3-4-9-24)22-20(21-15)26-12-10-25(11-13-26)19(28)16-6-5-7-23(2)18(16)27/h5-7,14H,3-4,8-13H2,1-2H3. The highest BCUT2D eigenvalue weighted by molar-refractivity contribution is 5.94. The molecule has 0 N–H and O–H groups in total. The van der Waals surface area contributed by atoms with Crippen LogP contribution in [0.4, 0.5) is 11.8 Å². The summed E-state index contributed by atoms with van der Waals surface area (Å²) in [6.45, 7) is 6.49. The zero-order valence-electron chi connectivity index (χ0n) is 16.5. The maximum atomic E-state index is 12.8. The topological polar surface area (TPSA) is 74.6 Å². The lowest BCUT2D eigenvalue weighted by Gasteiger charge is -2.35. The van der Waals surface area contributed by atoms with Crippen molar-refractivity contribution in [2.24, 2.45) is 7.05 Å². The van der Waals surface area contributed by atoms with Crippen LogP contribution in [-0.2, 0) is 7.05 Å². The summed E-state index contributed by atoms with van der Waals surface area (Å²) in [5.41, 5.74) is 0.923. The molecule has 0 unspecified atom stereocenters. The fourth-order valence-electron chi connectivity index (χ4n) is 3.83. The lowest BCUT2D eigenvalue weighted by Crippen LogP contribution is -2.50. The van der Waals surface area contributed by atoms with E-state index in [-0.39, 0.29) is 17.0 Å². The summed E-state index contributed by atoms with van der Waals surface area (Å²) in [4.78, 5) is 40.5. The maximum Gasteiger partial charge on any atom is 0.263 e. The Morgan fingerprint density at radius 2 is 1.71 bits per heavy atom. The first kappa shape index (κ1) is 18.5. The van der Waals surface area contributed by atoms with Gasteiger partial charge in [-0.1, -0.05) is 0 Å². The molecule has 2 aromatic heterocycles. The fourth-order valence-corrected chi connectivity index (χ4v) is 3.83. The van der Waals surface area contributed by atoms with Gasteiger partial charge in [-0.05, 0) is 31.9 Å². The van der Waals surface area contributed by atoms with Crippen molar-refractivity contribution in [3.63, 3.8) is 0 Å². The van der Waals surface area contributed by atoms with E-state index in [1.807, 2.05) is 13.0 Å². The zero-order chi connectivity index (χ0) is 19.7. The number of rotatable bonds is 3. The molecule has 0 radical (unpaired) electrons. The Labute approximate surface area is 164 Å². The van der Waals surface area contributed by atoms with E-state index in [1.54, 1.807) is 30.3 Å². The lowest BCUT2D eigenvalue weighted by atomic mass is 10.2. The van der Waals surface area contributed by atoms with Gasteiger partial charge >= 0.3 is 0 Å². The molecule has 0 saturated carbocycles. The molecular formula is C20H26N6O2. The van der Waals surface area contributed by atoms with Crippen LogP contribution in [0, 0.1) is 6.92 Å². The van der Waals surface area contributed by atoms with E-state index in [9.17, 15) is 9.59 Å². The SMILES string of the molecule is Cc1cc(N2CCCC2)nc(N2CCN(C(=O)c3cccn(C)c3=O)CC2)n1. The third-order valence-electron chi connectivity index (χ3n) is 5.46. The largest absolute Gasteiger partial charge is 0.356 e. The molecule has 2 aliphatic heterocycles. The Morgan fingerprint density at radius 3 is 2.43 bits per heavy atom. The molecule has 0 bridgehead atoms. The summed E-state index contributed by atoms with van der Waals surface area (Å²) in [5, 5.41) is 0. The number of nitrogens with zero attached hydrogens (tertiary/aromatic N) is 6. The number of hydrogen-bond acceptors (Lipinski definition) is 6. The highest BCUT2D eigenvalue weighted by Gasteiger charge is 2.26. The number of carbonyl (C=O) groups is 1. The number of anilines is 2. The third-order valence-corrected chi connectivity index (χ3v) is 5.46. The van der Waals surface area contributed by atoms with Crippen molar-refractivity contribution < 1.29 is 4.79 Å². The van der Waals surface area contributed by atoms with Crippen LogP contribution in [0.25, 0.3) is 0 Å². The molecule has 0 aromatic carbocycles. The van der Waals surface area contributed by atoms with E-state index in [4.69, 9.17) is 4.98 Å². The quantitative estimate of drug-likeness (QED) is 0.790. The first-order valence-corrected chi connectivity index (χ1v) is 9.83. The number of pyridine rings is 1. The van der Waals surface area contributed by atoms with Crippen LogP contribution >= 0.6 is 0 Å². The number of hydrogen-bond donors (Lipinski definition) is 0. The van der Waals surface area contributed by atoms with Crippen molar-refractivity contribution in [3.05, 3.63) is 46.0 Å². The van der Waals surface area contributed by atoms with Crippen LogP contribution < -0.4 is 15.4 Å². The first-order chi connectivity index (χ1) is 13.5. The number of amides is 1. The number of aromatic nitrogens is 3. The van der Waals surface area contributed by atoms with Gasteiger partial charge in [0.15, 0.2) is 0 Å². The van der Waals surface area contributed by atoms with Crippen LogP contribution in [0.15, 0.2) is 29.2 Å². The van der Waals surface area contributed by atoms with E-state index >= 15 is 0 Å². The molecule has 4 rings (SSSR count). The van der Waals surface area contributed by atoms with Gasteiger partial charge in [0, 0.05) is 64.3 Å². The van der Waals surface area contributed by atoms with Crippen molar-refractivity contribution in [2.75, 3.05) is 49.1 Å². The van der Waals surface area contributed by atoms with Gasteiger partial charge in [-0.2, -0.15) is 4.98 Å². The lowest BCUT2D eigenvalue weighted by molar-refractivity contribution is 0.0744. The van der Waals surface area contributed by atoms with Gasteiger partial charge in [0.05, 0.1) is 0 Å². The van der Waals surface area contributed by atoms with E-state index in [1.165, 1.54) is 17.4 Å². The molecule has 0 atom stereocenters. The van der Waals surface area contributed by atoms with Gasteiger partial charge in [0.2, 0.25) is 5.95 Å². The minimum absolute atomic E-state index is 0.205. The highest BCUT2D eigenvalue weighted by Crippen LogP contribution is 2.22. The van der Waals surface area contributed by atoms with Crippen LogP contribution in [0.1, 0.15) is 28.9 Å². The smallest absolute Gasteiger partial charge is 0.263 e. The molecule has 1 amide bonds. The summed E-state index contributed by atoms with van der Waals surface area (Å²) < 4.78 is 1.43. The normalized spacial score (nSPS) is 17.3. The summed E-state index contributed by atoms with van der Waals surface area (Å²) in [6, 6.07) is 5.37. The predicted octanol–water partition coefficient (Wildman–Crippen LogP) is 1.05. The molecule has 0 spiro atoms. The molecule has 2 aliphatic rings. The average molecular weight is 382 g/mol. The molecule has 4 heterocycles. The first-order valence-electron chi connectivity index (χ1n) is 9.83. The molecule has 0 aliphatic carbocycles. The van der Waals surface area contributed by atoms with Crippen LogP contribution in [0.2, 0.25) is 0 Å². The second-order valence-electron chi connectivity index (χ2n) is 7.48. The Morgan fingerprint density at radius 1 is 1.00 bits per heavy atom. The van der Waals surface area contributed by atoms with Gasteiger partial charge in [-0.3, -0.25) is 9.59 Å². The van der Waals surface area contributed by atoms with Crippen molar-refractivity contribution in [1.29, 1.82) is 0 Å². The summed E-state index contributed by atoms with van der Waals surface area (Å²) >= 11 is 0. The number of aryl methyl sites for hydroxylation is 2. The molecule has 148 valence electrons. The predicted molar refractivity (Wildman–Crippen MR) is 108 cm³/mol. The van der Waals surface area contributed by atoms with Crippen LogP contribution in [0.5, 0.6) is 0 Å². The van der Waals surface area contributed by atoms with Crippen molar-refractivity contribution in [2.45, 2.75) is 19.8 Å². The molecular weight excluding hydrogens is 356 g/mol. The summed E-state index contributed by atoms with van der Waals surface area (Å²) in [5.74, 6) is 1.51. The van der Waals surface area contributed by atoms with Gasteiger partial charge < -0.3 is 19.3 Å². The maximum absolute atomic E-state index is 12.8. The Hall–Kier alpha value is -2.90. The van der Waals surface area contributed by atoms with E-state index in [0.29, 0.717) is 26.2 Å². The average Bonchev–Trinajstić information content (AvgIpc) is 3.24. The van der Waals surface area contributed by atoms with Gasteiger partial charge in [0.25, 0.3) is 11.5 Å². The fraction of sp³-hybridized carbons (Fsp3) is 0.500. The van der Waals surface area contributed by atoms with Gasteiger partial charge in [-0.15, -0.1) is 0 Å². The molecule has 2 saturated heterocycles. The summed E-state index contributed by atoms with van der Waals surface area (Å²) in [7, 11) is 1.66. The van der Waals surface area contributed by atoms with Gasteiger partial charge in [0.1, 0.15) is 11.4 Å². The second-order valence-corrected chi connectivity index (χ2v) is 7.48. The minimum Gasteiger partial charge on any atom is -0.356 e. The Bertz CT molecular complexity index is 927. The van der Waals surface area contributed by atoms with Crippen molar-refractivity contribution in [1.82, 2.24) is 19.4 Å². The number of piperazine rings is 1. The van der Waals surface area contributed by atoms with Crippen molar-refractivity contribution >= 4 is 17.7 Å². The van der Waals surface area contributed by atoms with Crippen LogP contribution in [-0.4, -0.2) is 64.6 Å². The Kier molecular flexibility index (Phi) is 5.02. The number of carbonyl (C=O) groups excluding carboxylic acids is 1. The third kappa shape index (κ3) is 3.58.